The van der Waals surface area contributed by atoms with Gasteiger partial charge in [0.25, 0.3) is 0 Å². The van der Waals surface area contributed by atoms with E-state index in [4.69, 9.17) is 5.11 Å². The maximum atomic E-state index is 9.67. The lowest BCUT2D eigenvalue weighted by molar-refractivity contribution is 0.00575. The van der Waals surface area contributed by atoms with Gasteiger partial charge in [0.15, 0.2) is 0 Å². The summed E-state index contributed by atoms with van der Waals surface area (Å²) in [7, 11) is 0. The van der Waals surface area contributed by atoms with E-state index < -0.39 is 6.10 Å². The van der Waals surface area contributed by atoms with Gasteiger partial charge in [-0.2, -0.15) is 0 Å². The molecule has 2 unspecified atom stereocenters. The lowest BCUT2D eigenvalue weighted by Gasteiger charge is -2.36. The molecule has 2 nitrogen and oxygen atoms in total. The molecule has 0 saturated carbocycles. The van der Waals surface area contributed by atoms with Crippen molar-refractivity contribution in [3.63, 3.8) is 0 Å². The van der Waals surface area contributed by atoms with Crippen LogP contribution in [0, 0.1) is 5.41 Å². The van der Waals surface area contributed by atoms with E-state index in [1.807, 2.05) is 19.9 Å². The predicted octanol–water partition coefficient (Wildman–Crippen LogP) is 1.09. The highest BCUT2D eigenvalue weighted by Crippen LogP contribution is 2.35. The molecule has 11 heavy (non-hydrogen) atoms. The number of rotatable bonds is 1. The van der Waals surface area contributed by atoms with Crippen LogP contribution in [0.5, 0.6) is 0 Å². The van der Waals surface area contributed by atoms with Crippen molar-refractivity contribution in [1.82, 2.24) is 0 Å². The van der Waals surface area contributed by atoms with E-state index in [1.165, 1.54) is 0 Å². The van der Waals surface area contributed by atoms with Crippen molar-refractivity contribution in [2.75, 3.05) is 6.61 Å². The van der Waals surface area contributed by atoms with Crippen LogP contribution in [0.25, 0.3) is 0 Å². The predicted molar refractivity (Wildman–Crippen MR) is 44.2 cm³/mol. The second kappa shape index (κ2) is 2.95. The van der Waals surface area contributed by atoms with Gasteiger partial charge in [0.2, 0.25) is 0 Å². The fourth-order valence-corrected chi connectivity index (χ4v) is 1.59. The molecule has 0 bridgehead atoms. The van der Waals surface area contributed by atoms with Crippen molar-refractivity contribution < 1.29 is 10.2 Å². The molecule has 0 aromatic rings. The minimum atomic E-state index is -0.457. The summed E-state index contributed by atoms with van der Waals surface area (Å²) < 4.78 is 0. The third kappa shape index (κ3) is 1.47. The Morgan fingerprint density at radius 2 is 2.36 bits per heavy atom. The molecule has 1 aliphatic carbocycles. The Morgan fingerprint density at radius 1 is 1.73 bits per heavy atom. The van der Waals surface area contributed by atoms with Crippen LogP contribution in [-0.2, 0) is 0 Å². The molecule has 0 radical (unpaired) electrons. The maximum Gasteiger partial charge on any atom is 0.0823 e. The minimum Gasteiger partial charge on any atom is -0.396 e. The van der Waals surface area contributed by atoms with Gasteiger partial charge in [0, 0.05) is 5.41 Å². The molecular weight excluding hydrogens is 140 g/mol. The molecular formula is C9H16O2. The molecule has 2 heteroatoms. The van der Waals surface area contributed by atoms with Crippen LogP contribution in [0.15, 0.2) is 11.6 Å². The standard InChI is InChI=1S/C9H16O2/c1-7-4-3-5-9(2,6-10)8(7)11/h4,8,10-11H,3,5-6H2,1-2H3. The Kier molecular flexibility index (Phi) is 2.35. The summed E-state index contributed by atoms with van der Waals surface area (Å²) in [4.78, 5) is 0. The van der Waals surface area contributed by atoms with Gasteiger partial charge in [0.1, 0.15) is 0 Å². The van der Waals surface area contributed by atoms with E-state index in [1.54, 1.807) is 0 Å². The van der Waals surface area contributed by atoms with Gasteiger partial charge in [-0.15, -0.1) is 0 Å². The zero-order valence-electron chi connectivity index (χ0n) is 7.17. The van der Waals surface area contributed by atoms with Crippen LogP contribution in [0.1, 0.15) is 26.7 Å². The van der Waals surface area contributed by atoms with Gasteiger partial charge in [-0.05, 0) is 25.3 Å². The summed E-state index contributed by atoms with van der Waals surface area (Å²) >= 11 is 0. The number of hydrogen-bond donors (Lipinski definition) is 2. The molecule has 0 heterocycles. The molecule has 0 aliphatic heterocycles. The second-order valence-electron chi connectivity index (χ2n) is 3.70. The Morgan fingerprint density at radius 3 is 2.82 bits per heavy atom. The van der Waals surface area contributed by atoms with Crippen molar-refractivity contribution in [3.05, 3.63) is 11.6 Å². The molecule has 0 spiro atoms. The molecule has 2 N–H and O–H groups in total. The quantitative estimate of drug-likeness (QED) is 0.558. The van der Waals surface area contributed by atoms with E-state index in [-0.39, 0.29) is 12.0 Å². The molecule has 64 valence electrons. The summed E-state index contributed by atoms with van der Waals surface area (Å²) in [6.07, 6.45) is 3.44. The van der Waals surface area contributed by atoms with Crippen LogP contribution in [0.3, 0.4) is 0 Å². The fraction of sp³-hybridized carbons (Fsp3) is 0.778. The van der Waals surface area contributed by atoms with Gasteiger partial charge < -0.3 is 10.2 Å². The molecule has 1 rings (SSSR count). The minimum absolute atomic E-state index is 0.0688. The summed E-state index contributed by atoms with van der Waals surface area (Å²) in [5.41, 5.74) is 0.687. The van der Waals surface area contributed by atoms with Crippen molar-refractivity contribution >= 4 is 0 Å². The van der Waals surface area contributed by atoms with Crippen molar-refractivity contribution in [2.45, 2.75) is 32.8 Å². The number of hydrogen-bond acceptors (Lipinski definition) is 2. The van der Waals surface area contributed by atoms with E-state index in [2.05, 4.69) is 0 Å². The zero-order valence-corrected chi connectivity index (χ0v) is 7.17. The van der Waals surface area contributed by atoms with Crippen LogP contribution in [0.2, 0.25) is 0 Å². The van der Waals surface area contributed by atoms with E-state index in [0.29, 0.717) is 0 Å². The molecule has 0 aromatic carbocycles. The van der Waals surface area contributed by atoms with E-state index in [0.717, 1.165) is 18.4 Å². The highest BCUT2D eigenvalue weighted by atomic mass is 16.3. The van der Waals surface area contributed by atoms with Gasteiger partial charge in [-0.1, -0.05) is 13.0 Å². The first-order valence-electron chi connectivity index (χ1n) is 4.06. The van der Waals surface area contributed by atoms with Gasteiger partial charge in [0.05, 0.1) is 12.7 Å². The Balaban J connectivity index is 2.79. The van der Waals surface area contributed by atoms with Crippen molar-refractivity contribution in [1.29, 1.82) is 0 Å². The normalized spacial score (nSPS) is 38.5. The first kappa shape index (κ1) is 8.75. The highest BCUT2D eigenvalue weighted by molar-refractivity contribution is 5.13. The Hall–Kier alpha value is -0.340. The van der Waals surface area contributed by atoms with E-state index in [9.17, 15) is 5.11 Å². The first-order valence-corrected chi connectivity index (χ1v) is 4.06. The number of aliphatic hydroxyl groups is 2. The Bertz CT molecular complexity index is 174. The summed E-state index contributed by atoms with van der Waals surface area (Å²) in [6, 6.07) is 0. The smallest absolute Gasteiger partial charge is 0.0823 e. The van der Waals surface area contributed by atoms with Crippen LogP contribution in [-0.4, -0.2) is 22.9 Å². The van der Waals surface area contributed by atoms with E-state index >= 15 is 0 Å². The monoisotopic (exact) mass is 156 g/mol. The molecule has 2 atom stereocenters. The molecule has 0 amide bonds. The van der Waals surface area contributed by atoms with Crippen LogP contribution in [0.4, 0.5) is 0 Å². The first-order chi connectivity index (χ1) is 5.10. The maximum absolute atomic E-state index is 9.67. The fourth-order valence-electron chi connectivity index (χ4n) is 1.59. The van der Waals surface area contributed by atoms with Gasteiger partial charge >= 0.3 is 0 Å². The summed E-state index contributed by atoms with van der Waals surface area (Å²) in [6.45, 7) is 3.91. The summed E-state index contributed by atoms with van der Waals surface area (Å²) in [5.74, 6) is 0. The van der Waals surface area contributed by atoms with Crippen molar-refractivity contribution in [2.24, 2.45) is 5.41 Å². The van der Waals surface area contributed by atoms with Gasteiger partial charge in [-0.3, -0.25) is 0 Å². The zero-order chi connectivity index (χ0) is 8.48. The molecule has 0 saturated heterocycles. The SMILES string of the molecule is CC1=CCCC(C)(CO)C1O. The van der Waals surface area contributed by atoms with Crippen LogP contribution >= 0.6 is 0 Å². The third-order valence-electron chi connectivity index (χ3n) is 2.63. The molecule has 0 aromatic heterocycles. The van der Waals surface area contributed by atoms with Crippen LogP contribution < -0.4 is 0 Å². The number of allylic oxidation sites excluding steroid dienone is 1. The topological polar surface area (TPSA) is 40.5 Å². The largest absolute Gasteiger partial charge is 0.396 e. The molecule has 1 aliphatic rings. The lowest BCUT2D eigenvalue weighted by Crippen LogP contribution is -2.38. The Labute approximate surface area is 67.6 Å². The van der Waals surface area contributed by atoms with Gasteiger partial charge in [-0.25, -0.2) is 0 Å². The second-order valence-corrected chi connectivity index (χ2v) is 3.70. The average Bonchev–Trinajstić information content (AvgIpc) is 2.00. The summed E-state index contributed by atoms with van der Waals surface area (Å²) in [5, 5.41) is 18.7. The average molecular weight is 156 g/mol. The third-order valence-corrected chi connectivity index (χ3v) is 2.63. The lowest BCUT2D eigenvalue weighted by atomic mass is 9.74. The highest BCUT2D eigenvalue weighted by Gasteiger charge is 2.34. The number of aliphatic hydroxyl groups excluding tert-OH is 2. The van der Waals surface area contributed by atoms with Crippen molar-refractivity contribution in [3.8, 4) is 0 Å². The molecule has 0 fully saturated rings.